The first-order valence-electron chi connectivity index (χ1n) is 6.95. The molecule has 1 aliphatic heterocycles. The Morgan fingerprint density at radius 1 is 1.37 bits per heavy atom. The lowest BCUT2D eigenvalue weighted by atomic mass is 9.89. The summed E-state index contributed by atoms with van der Waals surface area (Å²) < 4.78 is 7.48. The highest BCUT2D eigenvalue weighted by atomic mass is 16.5. The highest BCUT2D eigenvalue weighted by Gasteiger charge is 2.32. The number of aryl methyl sites for hydroxylation is 1. The van der Waals surface area contributed by atoms with Gasteiger partial charge in [0.1, 0.15) is 0 Å². The molecule has 1 N–H and O–H groups in total. The molecule has 0 bridgehead atoms. The summed E-state index contributed by atoms with van der Waals surface area (Å²) >= 11 is 0. The Labute approximate surface area is 113 Å². The largest absolute Gasteiger partial charge is 0.380 e. The Balaban J connectivity index is 1.45. The smallest absolute Gasteiger partial charge is 0.0958 e. The summed E-state index contributed by atoms with van der Waals surface area (Å²) in [5.41, 5.74) is 2.67. The number of nitrogens with one attached hydrogen (secondary N) is 1. The summed E-state index contributed by atoms with van der Waals surface area (Å²) in [5, 5.41) is 3.52. The summed E-state index contributed by atoms with van der Waals surface area (Å²) in [7, 11) is 0. The fraction of sp³-hybridized carbons (Fsp3) is 0.533. The van der Waals surface area contributed by atoms with Gasteiger partial charge in [-0.2, -0.15) is 0 Å². The van der Waals surface area contributed by atoms with E-state index in [4.69, 9.17) is 4.74 Å². The molecule has 1 saturated heterocycles. The van der Waals surface area contributed by atoms with E-state index in [9.17, 15) is 0 Å². The van der Waals surface area contributed by atoms with Crippen molar-refractivity contribution in [1.29, 1.82) is 0 Å². The molecule has 2 aromatic rings. The molecule has 1 aromatic heterocycles. The second-order valence-electron chi connectivity index (χ2n) is 5.76. The first-order valence-corrected chi connectivity index (χ1v) is 6.95. The van der Waals surface area contributed by atoms with Gasteiger partial charge in [-0.15, -0.1) is 0 Å². The monoisotopic (exact) mass is 259 g/mol. The van der Waals surface area contributed by atoms with Gasteiger partial charge >= 0.3 is 0 Å². The van der Waals surface area contributed by atoms with Crippen LogP contribution in [0.25, 0.3) is 11.0 Å². The van der Waals surface area contributed by atoms with Crippen LogP contribution in [0.1, 0.15) is 13.3 Å². The minimum atomic E-state index is 0.363. The van der Waals surface area contributed by atoms with Gasteiger partial charge in [-0.25, -0.2) is 4.98 Å². The molecule has 19 heavy (non-hydrogen) atoms. The zero-order chi connectivity index (χ0) is 13.1. The molecule has 3 rings (SSSR count). The first-order chi connectivity index (χ1) is 9.27. The molecular formula is C15H21N3O. The van der Waals surface area contributed by atoms with E-state index in [0.717, 1.165) is 44.8 Å². The molecule has 0 atom stereocenters. The minimum absolute atomic E-state index is 0.363. The zero-order valence-corrected chi connectivity index (χ0v) is 11.4. The van der Waals surface area contributed by atoms with Gasteiger partial charge in [0.15, 0.2) is 0 Å². The molecule has 0 unspecified atom stereocenters. The number of fused-ring (bicyclic) bond motifs is 1. The van der Waals surface area contributed by atoms with Gasteiger partial charge in [0.05, 0.1) is 30.6 Å². The maximum atomic E-state index is 5.25. The fourth-order valence-corrected chi connectivity index (χ4v) is 2.51. The third-order valence-corrected chi connectivity index (χ3v) is 3.73. The quantitative estimate of drug-likeness (QED) is 0.807. The van der Waals surface area contributed by atoms with Crippen LogP contribution in [0.15, 0.2) is 30.6 Å². The molecule has 0 amide bonds. The SMILES string of the molecule is CC1(CNCCCn2cnc3ccccc32)COC1. The van der Waals surface area contributed by atoms with Crippen molar-refractivity contribution in [2.45, 2.75) is 19.9 Å². The van der Waals surface area contributed by atoms with E-state index in [1.165, 1.54) is 5.52 Å². The van der Waals surface area contributed by atoms with E-state index in [1.54, 1.807) is 0 Å². The van der Waals surface area contributed by atoms with Crippen LogP contribution in [0.4, 0.5) is 0 Å². The molecule has 1 aromatic carbocycles. The lowest BCUT2D eigenvalue weighted by molar-refractivity contribution is -0.0989. The van der Waals surface area contributed by atoms with Crippen LogP contribution in [0.5, 0.6) is 0 Å². The third kappa shape index (κ3) is 2.80. The van der Waals surface area contributed by atoms with Crippen molar-refractivity contribution in [3.05, 3.63) is 30.6 Å². The van der Waals surface area contributed by atoms with E-state index < -0.39 is 0 Å². The van der Waals surface area contributed by atoms with E-state index >= 15 is 0 Å². The Bertz CT molecular complexity index is 545. The molecule has 0 saturated carbocycles. The highest BCUT2D eigenvalue weighted by Crippen LogP contribution is 2.24. The van der Waals surface area contributed by atoms with E-state index in [0.29, 0.717) is 5.41 Å². The molecule has 2 heterocycles. The zero-order valence-electron chi connectivity index (χ0n) is 11.4. The lowest BCUT2D eigenvalue weighted by Crippen LogP contribution is -2.47. The number of imidazole rings is 1. The van der Waals surface area contributed by atoms with Crippen molar-refractivity contribution in [2.75, 3.05) is 26.3 Å². The van der Waals surface area contributed by atoms with Crippen LogP contribution in [0, 0.1) is 5.41 Å². The van der Waals surface area contributed by atoms with Crippen LogP contribution in [0.3, 0.4) is 0 Å². The predicted octanol–water partition coefficient (Wildman–Crippen LogP) is 2.05. The maximum Gasteiger partial charge on any atom is 0.0958 e. The molecule has 4 nitrogen and oxygen atoms in total. The number of para-hydroxylation sites is 2. The molecule has 4 heteroatoms. The summed E-state index contributed by atoms with van der Waals surface area (Å²) in [4.78, 5) is 4.41. The van der Waals surface area contributed by atoms with Crippen LogP contribution in [0.2, 0.25) is 0 Å². The van der Waals surface area contributed by atoms with Crippen molar-refractivity contribution in [1.82, 2.24) is 14.9 Å². The highest BCUT2D eigenvalue weighted by molar-refractivity contribution is 5.74. The van der Waals surface area contributed by atoms with E-state index in [1.807, 2.05) is 12.4 Å². The van der Waals surface area contributed by atoms with Crippen LogP contribution in [-0.4, -0.2) is 35.9 Å². The van der Waals surface area contributed by atoms with Crippen molar-refractivity contribution < 1.29 is 4.74 Å². The summed E-state index contributed by atoms with van der Waals surface area (Å²) in [5.74, 6) is 0. The Morgan fingerprint density at radius 3 is 3.00 bits per heavy atom. The first kappa shape index (κ1) is 12.6. The fourth-order valence-electron chi connectivity index (χ4n) is 2.51. The van der Waals surface area contributed by atoms with Crippen LogP contribution < -0.4 is 5.32 Å². The number of nitrogens with zero attached hydrogens (tertiary/aromatic N) is 2. The van der Waals surface area contributed by atoms with Crippen molar-refractivity contribution in [2.24, 2.45) is 5.41 Å². The van der Waals surface area contributed by atoms with Gasteiger partial charge in [-0.05, 0) is 25.1 Å². The Kier molecular flexibility index (Phi) is 3.53. The minimum Gasteiger partial charge on any atom is -0.380 e. The number of hydrogen-bond acceptors (Lipinski definition) is 3. The molecule has 1 fully saturated rings. The molecule has 0 aliphatic carbocycles. The Morgan fingerprint density at radius 2 is 2.21 bits per heavy atom. The predicted molar refractivity (Wildman–Crippen MR) is 76.1 cm³/mol. The van der Waals surface area contributed by atoms with Gasteiger partial charge < -0.3 is 14.6 Å². The molecule has 0 spiro atoms. The van der Waals surface area contributed by atoms with Crippen molar-refractivity contribution in [3.63, 3.8) is 0 Å². The van der Waals surface area contributed by atoms with Crippen molar-refractivity contribution >= 4 is 11.0 Å². The van der Waals surface area contributed by atoms with Gasteiger partial charge in [0, 0.05) is 18.5 Å². The molecule has 1 aliphatic rings. The van der Waals surface area contributed by atoms with Crippen LogP contribution in [-0.2, 0) is 11.3 Å². The van der Waals surface area contributed by atoms with E-state index in [2.05, 4.69) is 40.0 Å². The number of ether oxygens (including phenoxy) is 1. The average Bonchev–Trinajstić information content (AvgIpc) is 2.80. The number of rotatable bonds is 6. The third-order valence-electron chi connectivity index (χ3n) is 3.73. The molecular weight excluding hydrogens is 238 g/mol. The second-order valence-corrected chi connectivity index (χ2v) is 5.76. The summed E-state index contributed by atoms with van der Waals surface area (Å²) in [6.45, 7) is 7.17. The average molecular weight is 259 g/mol. The van der Waals surface area contributed by atoms with Crippen molar-refractivity contribution in [3.8, 4) is 0 Å². The van der Waals surface area contributed by atoms with Gasteiger partial charge in [-0.3, -0.25) is 0 Å². The number of hydrogen-bond donors (Lipinski definition) is 1. The normalized spacial score (nSPS) is 17.5. The van der Waals surface area contributed by atoms with Crippen LogP contribution >= 0.6 is 0 Å². The lowest BCUT2D eigenvalue weighted by Gasteiger charge is -2.38. The van der Waals surface area contributed by atoms with Gasteiger partial charge in [-0.1, -0.05) is 19.1 Å². The summed E-state index contributed by atoms with van der Waals surface area (Å²) in [6.07, 6.45) is 3.06. The van der Waals surface area contributed by atoms with Gasteiger partial charge in [0.2, 0.25) is 0 Å². The molecule has 102 valence electrons. The standard InChI is InChI=1S/C15H21N3O/c1-15(10-19-11-15)9-16-7-4-8-18-12-17-13-5-2-3-6-14(13)18/h2-3,5-6,12,16H,4,7-11H2,1H3. The van der Waals surface area contributed by atoms with Gasteiger partial charge in [0.25, 0.3) is 0 Å². The number of benzene rings is 1. The topological polar surface area (TPSA) is 39.1 Å². The second kappa shape index (κ2) is 5.31. The Hall–Kier alpha value is -1.39. The maximum absolute atomic E-state index is 5.25. The number of aromatic nitrogens is 2. The molecule has 0 radical (unpaired) electrons. The van der Waals surface area contributed by atoms with E-state index in [-0.39, 0.29) is 0 Å². The summed E-state index contributed by atoms with van der Waals surface area (Å²) in [6, 6.07) is 8.28.